The lowest BCUT2D eigenvalue weighted by molar-refractivity contribution is 0.0640. The predicted molar refractivity (Wildman–Crippen MR) is 80.7 cm³/mol. The van der Waals surface area contributed by atoms with Crippen LogP contribution in [0.3, 0.4) is 0 Å². The number of carboxylic acids is 1. The number of rotatable bonds is 5. The minimum absolute atomic E-state index is 0.188. The monoisotopic (exact) mass is 291 g/mol. The van der Waals surface area contributed by atoms with Crippen LogP contribution in [-0.4, -0.2) is 48.9 Å². The number of morpholine rings is 1. The van der Waals surface area contributed by atoms with Crippen LogP contribution in [0.4, 0.5) is 0 Å². The lowest BCUT2D eigenvalue weighted by atomic mass is 10.0. The second-order valence-electron chi connectivity index (χ2n) is 4.95. The number of hydrogen-bond acceptors (Lipinski definition) is 4. The maximum atomic E-state index is 11.3. The molecule has 0 unspecified atom stereocenters. The van der Waals surface area contributed by atoms with Crippen LogP contribution in [0.15, 0.2) is 18.7 Å². The van der Waals surface area contributed by atoms with Crippen molar-refractivity contribution in [3.05, 3.63) is 35.4 Å². The van der Waals surface area contributed by atoms with E-state index in [1.807, 2.05) is 13.8 Å². The largest absolute Gasteiger partial charge is 0.493 e. The average molecular weight is 291 g/mol. The van der Waals surface area contributed by atoms with E-state index in [9.17, 15) is 9.90 Å². The lowest BCUT2D eigenvalue weighted by Crippen LogP contribution is -2.34. The van der Waals surface area contributed by atoms with Crippen LogP contribution in [0, 0.1) is 6.92 Å². The van der Waals surface area contributed by atoms with E-state index in [2.05, 4.69) is 11.5 Å². The molecule has 1 heterocycles. The van der Waals surface area contributed by atoms with Crippen LogP contribution < -0.4 is 4.74 Å². The van der Waals surface area contributed by atoms with E-state index in [4.69, 9.17) is 9.47 Å². The quantitative estimate of drug-likeness (QED) is 0.902. The normalized spacial score (nSPS) is 14.9. The van der Waals surface area contributed by atoms with Crippen LogP contribution in [0.25, 0.3) is 5.70 Å². The molecule has 0 aliphatic carbocycles. The van der Waals surface area contributed by atoms with Gasteiger partial charge >= 0.3 is 5.97 Å². The second kappa shape index (κ2) is 6.63. The highest BCUT2D eigenvalue weighted by atomic mass is 16.5. The van der Waals surface area contributed by atoms with Crippen molar-refractivity contribution in [2.24, 2.45) is 0 Å². The number of carboxylic acid groups (broad SMARTS) is 1. The fraction of sp³-hybridized carbons (Fsp3) is 0.438. The Morgan fingerprint density at radius 2 is 2.05 bits per heavy atom. The van der Waals surface area contributed by atoms with Crippen LogP contribution in [0.5, 0.6) is 5.75 Å². The van der Waals surface area contributed by atoms with Crippen LogP contribution in [-0.2, 0) is 4.74 Å². The molecule has 0 spiro atoms. The molecule has 114 valence electrons. The summed E-state index contributed by atoms with van der Waals surface area (Å²) in [5.74, 6) is -0.593. The topological polar surface area (TPSA) is 59.0 Å². The Kier molecular flexibility index (Phi) is 4.85. The highest BCUT2D eigenvalue weighted by Gasteiger charge is 2.19. The summed E-state index contributed by atoms with van der Waals surface area (Å²) in [6.07, 6.45) is 0. The van der Waals surface area contributed by atoms with Crippen LogP contribution in [0.1, 0.15) is 28.4 Å². The average Bonchev–Trinajstić information content (AvgIpc) is 2.49. The van der Waals surface area contributed by atoms with E-state index in [0.717, 1.165) is 29.9 Å². The number of hydrogen-bond donors (Lipinski definition) is 1. The highest BCUT2D eigenvalue weighted by Crippen LogP contribution is 2.29. The van der Waals surface area contributed by atoms with Crippen LogP contribution in [0.2, 0.25) is 0 Å². The first-order chi connectivity index (χ1) is 10.0. The number of aromatic carboxylic acids is 1. The van der Waals surface area contributed by atoms with Crippen molar-refractivity contribution in [2.75, 3.05) is 32.9 Å². The Morgan fingerprint density at radius 1 is 1.38 bits per heavy atom. The van der Waals surface area contributed by atoms with E-state index in [-0.39, 0.29) is 5.56 Å². The number of ether oxygens (including phenoxy) is 2. The summed E-state index contributed by atoms with van der Waals surface area (Å²) < 4.78 is 10.8. The third-order valence-electron chi connectivity index (χ3n) is 3.56. The zero-order valence-corrected chi connectivity index (χ0v) is 12.5. The number of nitrogens with zero attached hydrogens (tertiary/aromatic N) is 1. The first-order valence-corrected chi connectivity index (χ1v) is 7.07. The van der Waals surface area contributed by atoms with E-state index < -0.39 is 5.97 Å². The third-order valence-corrected chi connectivity index (χ3v) is 3.56. The maximum Gasteiger partial charge on any atom is 0.339 e. The van der Waals surface area contributed by atoms with Crippen molar-refractivity contribution in [1.82, 2.24) is 4.90 Å². The molecule has 2 rings (SSSR count). The minimum Gasteiger partial charge on any atom is -0.493 e. The van der Waals surface area contributed by atoms with Gasteiger partial charge in [0.2, 0.25) is 0 Å². The SMILES string of the molecule is C=C(c1cc(OCC)c(C(=O)O)cc1C)N1CCOCC1. The van der Waals surface area contributed by atoms with Gasteiger partial charge in [0, 0.05) is 24.4 Å². The second-order valence-corrected chi connectivity index (χ2v) is 4.95. The van der Waals surface area contributed by atoms with Gasteiger partial charge in [-0.15, -0.1) is 0 Å². The summed E-state index contributed by atoms with van der Waals surface area (Å²) in [5, 5.41) is 9.27. The zero-order chi connectivity index (χ0) is 15.4. The molecule has 1 saturated heterocycles. The van der Waals surface area contributed by atoms with E-state index in [1.54, 1.807) is 12.1 Å². The van der Waals surface area contributed by atoms with Gasteiger partial charge in [-0.05, 0) is 31.5 Å². The molecular formula is C16H21NO4. The van der Waals surface area contributed by atoms with Crippen molar-refractivity contribution in [3.8, 4) is 5.75 Å². The molecule has 1 fully saturated rings. The van der Waals surface area contributed by atoms with Crippen molar-refractivity contribution < 1.29 is 19.4 Å². The number of benzene rings is 1. The van der Waals surface area contributed by atoms with E-state index >= 15 is 0 Å². The fourth-order valence-electron chi connectivity index (χ4n) is 2.44. The van der Waals surface area contributed by atoms with Gasteiger partial charge < -0.3 is 19.5 Å². The summed E-state index contributed by atoms with van der Waals surface area (Å²) in [4.78, 5) is 13.5. The van der Waals surface area contributed by atoms with Gasteiger partial charge in [-0.1, -0.05) is 6.58 Å². The third kappa shape index (κ3) is 3.36. The molecule has 21 heavy (non-hydrogen) atoms. The van der Waals surface area contributed by atoms with Gasteiger partial charge in [0.1, 0.15) is 11.3 Å². The summed E-state index contributed by atoms with van der Waals surface area (Å²) in [6, 6.07) is 3.42. The van der Waals surface area contributed by atoms with E-state index in [1.165, 1.54) is 0 Å². The Labute approximate surface area is 124 Å². The molecule has 0 atom stereocenters. The summed E-state index contributed by atoms with van der Waals surface area (Å²) in [7, 11) is 0. The Morgan fingerprint density at radius 3 is 2.62 bits per heavy atom. The predicted octanol–water partition coefficient (Wildman–Crippen LogP) is 2.39. The molecule has 1 N–H and O–H groups in total. The van der Waals surface area contributed by atoms with Crippen molar-refractivity contribution >= 4 is 11.7 Å². The molecule has 1 aliphatic heterocycles. The molecule has 5 nitrogen and oxygen atoms in total. The van der Waals surface area contributed by atoms with Gasteiger partial charge in [-0.25, -0.2) is 4.79 Å². The van der Waals surface area contributed by atoms with Crippen molar-refractivity contribution in [2.45, 2.75) is 13.8 Å². The first-order valence-electron chi connectivity index (χ1n) is 7.07. The molecule has 5 heteroatoms. The Bertz CT molecular complexity index is 547. The zero-order valence-electron chi connectivity index (χ0n) is 12.5. The van der Waals surface area contributed by atoms with Crippen LogP contribution >= 0.6 is 0 Å². The van der Waals surface area contributed by atoms with Crippen molar-refractivity contribution in [3.63, 3.8) is 0 Å². The van der Waals surface area contributed by atoms with Gasteiger partial charge in [0.15, 0.2) is 0 Å². The van der Waals surface area contributed by atoms with Gasteiger partial charge in [-0.3, -0.25) is 0 Å². The highest BCUT2D eigenvalue weighted by molar-refractivity contribution is 5.92. The number of carbonyl (C=O) groups is 1. The molecule has 1 aliphatic rings. The van der Waals surface area contributed by atoms with Crippen molar-refractivity contribution in [1.29, 1.82) is 0 Å². The molecule has 1 aromatic rings. The molecule has 0 aromatic heterocycles. The molecule has 1 aromatic carbocycles. The minimum atomic E-state index is -0.981. The summed E-state index contributed by atoms with van der Waals surface area (Å²) in [5.41, 5.74) is 2.87. The Balaban J connectivity index is 2.36. The molecule has 0 radical (unpaired) electrons. The molecular weight excluding hydrogens is 270 g/mol. The van der Waals surface area contributed by atoms with Gasteiger partial charge in [-0.2, -0.15) is 0 Å². The maximum absolute atomic E-state index is 11.3. The standard InChI is InChI=1S/C16H21NO4/c1-4-21-15-10-13(11(2)9-14(15)16(18)19)12(3)17-5-7-20-8-6-17/h9-10H,3-8H2,1-2H3,(H,18,19). The summed E-state index contributed by atoms with van der Waals surface area (Å²) in [6.45, 7) is 11.3. The summed E-state index contributed by atoms with van der Waals surface area (Å²) >= 11 is 0. The molecule has 0 bridgehead atoms. The fourth-order valence-corrected chi connectivity index (χ4v) is 2.44. The van der Waals surface area contributed by atoms with Gasteiger partial charge in [0.25, 0.3) is 0 Å². The first kappa shape index (κ1) is 15.4. The van der Waals surface area contributed by atoms with E-state index in [0.29, 0.717) is 25.6 Å². The molecule has 0 saturated carbocycles. The molecule has 0 amide bonds. The lowest BCUT2D eigenvalue weighted by Gasteiger charge is -2.31. The number of aryl methyl sites for hydroxylation is 1. The van der Waals surface area contributed by atoms with Gasteiger partial charge in [0.05, 0.1) is 19.8 Å². The Hall–Kier alpha value is -2.01. The smallest absolute Gasteiger partial charge is 0.339 e.